The monoisotopic (exact) mass is 294 g/mol. The number of rotatable bonds is 4. The fraction of sp³-hybridized carbons (Fsp3) is 0.941. The molecule has 3 rings (SSSR count). The van der Waals surface area contributed by atoms with E-state index in [2.05, 4.69) is 17.6 Å². The largest absolute Gasteiger partial charge is 0.388 e. The van der Waals surface area contributed by atoms with Gasteiger partial charge in [0.05, 0.1) is 5.60 Å². The quantitative estimate of drug-likeness (QED) is 0.743. The van der Waals surface area contributed by atoms with E-state index in [9.17, 15) is 9.90 Å². The SMILES string of the molecule is CC1CCCC(O)(CNC(=O)CC2CC3CCC(C2)N3)C1. The Morgan fingerprint density at radius 1 is 1.29 bits per heavy atom. The summed E-state index contributed by atoms with van der Waals surface area (Å²) in [6.45, 7) is 2.63. The lowest BCUT2D eigenvalue weighted by Gasteiger charge is -2.36. The lowest BCUT2D eigenvalue weighted by atomic mass is 9.79. The Balaban J connectivity index is 1.42. The van der Waals surface area contributed by atoms with Crippen molar-refractivity contribution < 1.29 is 9.90 Å². The summed E-state index contributed by atoms with van der Waals surface area (Å²) in [5, 5.41) is 17.2. The molecule has 2 saturated heterocycles. The summed E-state index contributed by atoms with van der Waals surface area (Å²) in [7, 11) is 0. The van der Waals surface area contributed by atoms with Gasteiger partial charge in [-0.15, -0.1) is 0 Å². The molecule has 3 aliphatic rings. The highest BCUT2D eigenvalue weighted by molar-refractivity contribution is 5.76. The van der Waals surface area contributed by atoms with Crippen LogP contribution in [-0.2, 0) is 4.79 Å². The van der Waals surface area contributed by atoms with Gasteiger partial charge in [0.15, 0.2) is 0 Å². The average Bonchev–Trinajstić information content (AvgIpc) is 2.76. The number of fused-ring (bicyclic) bond motifs is 2. The van der Waals surface area contributed by atoms with E-state index in [1.165, 1.54) is 19.3 Å². The maximum atomic E-state index is 12.2. The van der Waals surface area contributed by atoms with Gasteiger partial charge in [-0.05, 0) is 50.4 Å². The molecule has 120 valence electrons. The van der Waals surface area contributed by atoms with Crippen molar-refractivity contribution in [2.75, 3.05) is 6.54 Å². The standard InChI is InChI=1S/C17H30N2O2/c1-12-3-2-6-17(21,10-12)11-18-16(20)9-13-7-14-4-5-15(8-13)19-14/h12-15,19,21H,2-11H2,1H3,(H,18,20). The van der Waals surface area contributed by atoms with Crippen LogP contribution in [0.2, 0.25) is 0 Å². The van der Waals surface area contributed by atoms with E-state index in [1.807, 2.05) is 0 Å². The molecule has 4 heteroatoms. The second-order valence-electron chi connectivity index (χ2n) is 7.88. The number of aliphatic hydroxyl groups is 1. The molecule has 4 atom stereocenters. The van der Waals surface area contributed by atoms with E-state index in [0.717, 1.165) is 32.1 Å². The van der Waals surface area contributed by atoms with Gasteiger partial charge in [0.1, 0.15) is 0 Å². The van der Waals surface area contributed by atoms with Crippen molar-refractivity contribution >= 4 is 5.91 Å². The molecular formula is C17H30N2O2. The van der Waals surface area contributed by atoms with Gasteiger partial charge < -0.3 is 15.7 Å². The minimum absolute atomic E-state index is 0.132. The van der Waals surface area contributed by atoms with Crippen molar-refractivity contribution in [2.24, 2.45) is 11.8 Å². The zero-order valence-electron chi connectivity index (χ0n) is 13.2. The van der Waals surface area contributed by atoms with Crippen LogP contribution in [0, 0.1) is 11.8 Å². The van der Waals surface area contributed by atoms with Crippen molar-refractivity contribution in [3.8, 4) is 0 Å². The van der Waals surface area contributed by atoms with Gasteiger partial charge >= 0.3 is 0 Å². The van der Waals surface area contributed by atoms with Crippen molar-refractivity contribution in [3.05, 3.63) is 0 Å². The molecule has 4 nitrogen and oxygen atoms in total. The Morgan fingerprint density at radius 2 is 2.00 bits per heavy atom. The molecule has 21 heavy (non-hydrogen) atoms. The summed E-state index contributed by atoms with van der Waals surface area (Å²) in [6, 6.07) is 1.29. The summed E-state index contributed by atoms with van der Waals surface area (Å²) in [5.74, 6) is 1.23. The molecule has 0 radical (unpaired) electrons. The number of carbonyl (C=O) groups excluding carboxylic acids is 1. The minimum Gasteiger partial charge on any atom is -0.388 e. The molecule has 2 bridgehead atoms. The average molecular weight is 294 g/mol. The zero-order valence-corrected chi connectivity index (χ0v) is 13.2. The highest BCUT2D eigenvalue weighted by Crippen LogP contribution is 2.33. The second kappa shape index (κ2) is 6.25. The number of carbonyl (C=O) groups is 1. The fourth-order valence-electron chi connectivity index (χ4n) is 4.73. The van der Waals surface area contributed by atoms with Gasteiger partial charge in [-0.3, -0.25) is 4.79 Å². The predicted octanol–water partition coefficient (Wildman–Crippen LogP) is 1.96. The molecule has 3 N–H and O–H groups in total. The van der Waals surface area contributed by atoms with E-state index in [-0.39, 0.29) is 5.91 Å². The third kappa shape index (κ3) is 3.98. The predicted molar refractivity (Wildman–Crippen MR) is 82.9 cm³/mol. The molecule has 0 aromatic rings. The number of hydrogen-bond acceptors (Lipinski definition) is 3. The molecule has 3 fully saturated rings. The van der Waals surface area contributed by atoms with Gasteiger partial charge in [0.25, 0.3) is 0 Å². The molecule has 0 spiro atoms. The van der Waals surface area contributed by atoms with Crippen LogP contribution in [-0.4, -0.2) is 35.2 Å². The van der Waals surface area contributed by atoms with Crippen LogP contribution in [0.25, 0.3) is 0 Å². The Morgan fingerprint density at radius 3 is 2.67 bits per heavy atom. The molecule has 1 amide bonds. The van der Waals surface area contributed by atoms with Gasteiger partial charge in [-0.2, -0.15) is 0 Å². The van der Waals surface area contributed by atoms with Crippen molar-refractivity contribution in [3.63, 3.8) is 0 Å². The number of hydrogen-bond donors (Lipinski definition) is 3. The van der Waals surface area contributed by atoms with Crippen molar-refractivity contribution in [2.45, 2.75) is 82.4 Å². The topological polar surface area (TPSA) is 61.4 Å². The van der Waals surface area contributed by atoms with Gasteiger partial charge in [-0.1, -0.05) is 19.8 Å². The third-order valence-corrected chi connectivity index (χ3v) is 5.73. The van der Waals surface area contributed by atoms with E-state index >= 15 is 0 Å². The molecule has 0 aromatic heterocycles. The number of amides is 1. The third-order valence-electron chi connectivity index (χ3n) is 5.73. The van der Waals surface area contributed by atoms with Crippen molar-refractivity contribution in [1.29, 1.82) is 0 Å². The molecule has 1 saturated carbocycles. The van der Waals surface area contributed by atoms with Crippen LogP contribution >= 0.6 is 0 Å². The maximum absolute atomic E-state index is 12.2. The highest BCUT2D eigenvalue weighted by Gasteiger charge is 2.35. The maximum Gasteiger partial charge on any atom is 0.220 e. The molecule has 4 unspecified atom stereocenters. The van der Waals surface area contributed by atoms with Crippen LogP contribution in [0.1, 0.15) is 64.7 Å². The first-order chi connectivity index (χ1) is 10.0. The highest BCUT2D eigenvalue weighted by atomic mass is 16.3. The number of piperidine rings is 1. The Hall–Kier alpha value is -0.610. The first kappa shape index (κ1) is 15.3. The normalized spacial score (nSPS) is 42.8. The Labute approximate surface area is 128 Å². The summed E-state index contributed by atoms with van der Waals surface area (Å²) in [4.78, 5) is 12.2. The van der Waals surface area contributed by atoms with E-state index in [0.29, 0.717) is 36.9 Å². The van der Waals surface area contributed by atoms with Crippen LogP contribution in [0.5, 0.6) is 0 Å². The molecule has 1 aliphatic carbocycles. The van der Waals surface area contributed by atoms with E-state index in [4.69, 9.17) is 0 Å². The summed E-state index contributed by atoms with van der Waals surface area (Å²) >= 11 is 0. The fourth-order valence-corrected chi connectivity index (χ4v) is 4.73. The van der Waals surface area contributed by atoms with Crippen LogP contribution in [0.3, 0.4) is 0 Å². The summed E-state index contributed by atoms with van der Waals surface area (Å²) in [5.41, 5.74) is -0.666. The second-order valence-corrected chi connectivity index (χ2v) is 7.88. The van der Waals surface area contributed by atoms with E-state index < -0.39 is 5.60 Å². The Kier molecular flexibility index (Phi) is 4.55. The first-order valence-electron chi connectivity index (χ1n) is 8.77. The molecule has 2 heterocycles. The van der Waals surface area contributed by atoms with Gasteiger partial charge in [-0.25, -0.2) is 0 Å². The zero-order chi connectivity index (χ0) is 14.9. The molecule has 0 aromatic carbocycles. The van der Waals surface area contributed by atoms with Crippen LogP contribution in [0.15, 0.2) is 0 Å². The minimum atomic E-state index is -0.666. The number of nitrogens with one attached hydrogen (secondary N) is 2. The van der Waals surface area contributed by atoms with Gasteiger partial charge in [0, 0.05) is 25.0 Å². The van der Waals surface area contributed by atoms with Crippen LogP contribution in [0.4, 0.5) is 0 Å². The summed E-state index contributed by atoms with van der Waals surface area (Å²) in [6.07, 6.45) is 9.41. The molecule has 2 aliphatic heterocycles. The lowest BCUT2D eigenvalue weighted by molar-refractivity contribution is -0.124. The smallest absolute Gasteiger partial charge is 0.220 e. The van der Waals surface area contributed by atoms with Crippen molar-refractivity contribution in [1.82, 2.24) is 10.6 Å². The van der Waals surface area contributed by atoms with Crippen LogP contribution < -0.4 is 10.6 Å². The van der Waals surface area contributed by atoms with E-state index in [1.54, 1.807) is 0 Å². The van der Waals surface area contributed by atoms with Gasteiger partial charge in [0.2, 0.25) is 5.91 Å². The first-order valence-corrected chi connectivity index (χ1v) is 8.77. The Bertz CT molecular complexity index is 375. The summed E-state index contributed by atoms with van der Waals surface area (Å²) < 4.78 is 0. The lowest BCUT2D eigenvalue weighted by Crippen LogP contribution is -2.46. The molecular weight excluding hydrogens is 264 g/mol.